The highest BCUT2D eigenvalue weighted by molar-refractivity contribution is 7.89. The number of sulfonamides is 1. The van der Waals surface area contributed by atoms with Gasteiger partial charge in [0.1, 0.15) is 11.3 Å². The minimum atomic E-state index is -3.64. The number of thiazole rings is 1. The van der Waals surface area contributed by atoms with E-state index in [4.69, 9.17) is 9.72 Å². The monoisotopic (exact) mass is 552 g/mol. The van der Waals surface area contributed by atoms with Crippen molar-refractivity contribution < 1.29 is 17.9 Å². The number of hydrogen-bond acceptors (Lipinski definition) is 7. The zero-order chi connectivity index (χ0) is 27.1. The zero-order valence-electron chi connectivity index (χ0n) is 21.8. The number of benzene rings is 2. The molecule has 10 heteroatoms. The molecule has 2 heterocycles. The molecule has 0 saturated carbocycles. The summed E-state index contributed by atoms with van der Waals surface area (Å²) in [5.74, 6) is 0.367. The maximum Gasteiger partial charge on any atom is 0.260 e. The number of hydrogen-bond donors (Lipinski definition) is 0. The van der Waals surface area contributed by atoms with E-state index in [1.807, 2.05) is 57.2 Å². The summed E-state index contributed by atoms with van der Waals surface area (Å²) in [5, 5.41) is 0.511. The maximum absolute atomic E-state index is 13.8. The fraction of sp³-hybridized carbons (Fsp3) is 0.321. The van der Waals surface area contributed by atoms with Crippen LogP contribution in [-0.4, -0.2) is 48.3 Å². The van der Waals surface area contributed by atoms with Gasteiger partial charge in [-0.05, 0) is 68.3 Å². The number of carbonyl (C=O) groups is 1. The molecule has 0 aliphatic rings. The Morgan fingerprint density at radius 2 is 1.68 bits per heavy atom. The number of para-hydroxylation sites is 1. The van der Waals surface area contributed by atoms with Gasteiger partial charge in [-0.3, -0.25) is 14.7 Å². The Morgan fingerprint density at radius 3 is 2.32 bits per heavy atom. The van der Waals surface area contributed by atoms with E-state index in [9.17, 15) is 13.2 Å². The summed E-state index contributed by atoms with van der Waals surface area (Å²) in [5.41, 5.74) is 1.77. The number of pyridine rings is 1. The first-order valence-electron chi connectivity index (χ1n) is 12.7. The van der Waals surface area contributed by atoms with Gasteiger partial charge in [0.05, 0.1) is 28.4 Å². The Bertz CT molecular complexity index is 1470. The van der Waals surface area contributed by atoms with Crippen molar-refractivity contribution >= 4 is 42.6 Å². The Kier molecular flexibility index (Phi) is 9.09. The van der Waals surface area contributed by atoms with Crippen molar-refractivity contribution in [2.75, 3.05) is 24.6 Å². The molecule has 0 aliphatic heterocycles. The summed E-state index contributed by atoms with van der Waals surface area (Å²) < 4.78 is 34.5. The summed E-state index contributed by atoms with van der Waals surface area (Å²) >= 11 is 1.39. The van der Waals surface area contributed by atoms with Gasteiger partial charge in [-0.2, -0.15) is 4.31 Å². The second-order valence-electron chi connectivity index (χ2n) is 8.67. The van der Waals surface area contributed by atoms with Crippen molar-refractivity contribution in [2.24, 2.45) is 0 Å². The van der Waals surface area contributed by atoms with Gasteiger partial charge in [0.25, 0.3) is 5.91 Å². The molecule has 4 aromatic rings. The molecule has 8 nitrogen and oxygen atoms in total. The van der Waals surface area contributed by atoms with E-state index in [-0.39, 0.29) is 17.3 Å². The van der Waals surface area contributed by atoms with Crippen molar-refractivity contribution in [3.8, 4) is 5.75 Å². The average Bonchev–Trinajstić information content (AvgIpc) is 3.37. The quantitative estimate of drug-likeness (QED) is 0.222. The smallest absolute Gasteiger partial charge is 0.260 e. The molecule has 4 rings (SSSR count). The number of aromatic nitrogens is 2. The standard InChI is InChI=1S/C28H32N4O4S2/c1-4-18-31(19-5-2)38(34,35)23-15-13-21(14-16-23)27(33)32(20-22-10-7-8-17-29-22)28-30-26-24(36-6-3)11-9-12-25(26)37-28/h7-17H,4-6,18-20H2,1-3H3. The van der Waals surface area contributed by atoms with E-state index in [2.05, 4.69) is 4.98 Å². The first-order valence-corrected chi connectivity index (χ1v) is 15.0. The average molecular weight is 553 g/mol. The predicted octanol–water partition coefficient (Wildman–Crippen LogP) is 5.75. The molecule has 0 atom stereocenters. The molecule has 1 amide bonds. The minimum Gasteiger partial charge on any atom is -0.492 e. The summed E-state index contributed by atoms with van der Waals surface area (Å²) in [7, 11) is -3.64. The first kappa shape index (κ1) is 27.7. The lowest BCUT2D eigenvalue weighted by Gasteiger charge is -2.22. The number of ether oxygens (including phenoxy) is 1. The fourth-order valence-electron chi connectivity index (χ4n) is 4.10. The van der Waals surface area contributed by atoms with Crippen LogP contribution in [0.3, 0.4) is 0 Å². The molecule has 0 saturated heterocycles. The molecular formula is C28H32N4O4S2. The van der Waals surface area contributed by atoms with Crippen molar-refractivity contribution in [3.63, 3.8) is 0 Å². The lowest BCUT2D eigenvalue weighted by Crippen LogP contribution is -2.33. The molecule has 0 fully saturated rings. The second kappa shape index (κ2) is 12.5. The van der Waals surface area contributed by atoms with Crippen molar-refractivity contribution in [3.05, 3.63) is 78.1 Å². The van der Waals surface area contributed by atoms with Gasteiger partial charge in [-0.25, -0.2) is 13.4 Å². The molecule has 2 aromatic heterocycles. The molecular weight excluding hydrogens is 520 g/mol. The summed E-state index contributed by atoms with van der Waals surface area (Å²) in [6.07, 6.45) is 3.14. The van der Waals surface area contributed by atoms with Crippen LogP contribution in [0.4, 0.5) is 5.13 Å². The summed E-state index contributed by atoms with van der Waals surface area (Å²) in [6, 6.07) is 17.4. The molecule has 0 spiro atoms. The molecule has 0 N–H and O–H groups in total. The van der Waals surface area contributed by atoms with E-state index in [0.717, 1.165) is 17.5 Å². The Balaban J connectivity index is 1.69. The first-order chi connectivity index (χ1) is 18.4. The topological polar surface area (TPSA) is 92.7 Å². The molecule has 0 bridgehead atoms. The highest BCUT2D eigenvalue weighted by atomic mass is 32.2. The van der Waals surface area contributed by atoms with Gasteiger partial charge in [-0.1, -0.05) is 37.3 Å². The van der Waals surface area contributed by atoms with Crippen LogP contribution in [0.15, 0.2) is 71.8 Å². The van der Waals surface area contributed by atoms with Gasteiger partial charge >= 0.3 is 0 Å². The number of anilines is 1. The molecule has 38 heavy (non-hydrogen) atoms. The Labute approximate surface area is 228 Å². The van der Waals surface area contributed by atoms with Crippen LogP contribution < -0.4 is 9.64 Å². The van der Waals surface area contributed by atoms with E-state index in [0.29, 0.717) is 47.4 Å². The second-order valence-corrected chi connectivity index (χ2v) is 11.6. The van der Waals surface area contributed by atoms with Gasteiger partial charge < -0.3 is 4.74 Å². The van der Waals surface area contributed by atoms with Crippen LogP contribution in [0, 0.1) is 0 Å². The van der Waals surface area contributed by atoms with Gasteiger partial charge in [-0.15, -0.1) is 0 Å². The SMILES string of the molecule is CCCN(CCC)S(=O)(=O)c1ccc(C(=O)N(Cc2ccccn2)c2nc3c(OCC)cccc3s2)cc1. The van der Waals surface area contributed by atoms with Crippen LogP contribution in [0.5, 0.6) is 5.75 Å². The number of nitrogens with zero attached hydrogens (tertiary/aromatic N) is 4. The lowest BCUT2D eigenvalue weighted by molar-refractivity contribution is 0.0984. The molecule has 0 radical (unpaired) electrons. The van der Waals surface area contributed by atoms with Crippen LogP contribution in [-0.2, 0) is 16.6 Å². The lowest BCUT2D eigenvalue weighted by atomic mass is 10.2. The van der Waals surface area contributed by atoms with Gasteiger partial charge in [0.2, 0.25) is 10.0 Å². The molecule has 0 unspecified atom stereocenters. The maximum atomic E-state index is 13.8. The van der Waals surface area contributed by atoms with Gasteiger partial charge in [0.15, 0.2) is 5.13 Å². The van der Waals surface area contributed by atoms with Crippen LogP contribution in [0.2, 0.25) is 0 Å². The van der Waals surface area contributed by atoms with E-state index in [1.165, 1.54) is 27.8 Å². The van der Waals surface area contributed by atoms with Crippen LogP contribution in [0.25, 0.3) is 10.2 Å². The fourth-order valence-corrected chi connectivity index (χ4v) is 6.71. The third kappa shape index (κ3) is 6.03. The molecule has 2 aromatic carbocycles. The zero-order valence-corrected chi connectivity index (χ0v) is 23.5. The Morgan fingerprint density at radius 1 is 0.947 bits per heavy atom. The van der Waals surface area contributed by atoms with Crippen LogP contribution >= 0.6 is 11.3 Å². The third-order valence-electron chi connectivity index (χ3n) is 5.88. The number of rotatable bonds is 12. The minimum absolute atomic E-state index is 0.175. The molecule has 0 aliphatic carbocycles. The number of amides is 1. The summed E-state index contributed by atoms with van der Waals surface area (Å²) in [4.78, 5) is 24.7. The highest BCUT2D eigenvalue weighted by Crippen LogP contribution is 2.35. The van der Waals surface area contributed by atoms with E-state index >= 15 is 0 Å². The largest absolute Gasteiger partial charge is 0.492 e. The third-order valence-corrected chi connectivity index (χ3v) is 8.83. The number of fused-ring (bicyclic) bond motifs is 1. The predicted molar refractivity (Wildman–Crippen MR) is 151 cm³/mol. The normalized spacial score (nSPS) is 11.7. The van der Waals surface area contributed by atoms with E-state index in [1.54, 1.807) is 23.2 Å². The van der Waals surface area contributed by atoms with Gasteiger partial charge in [0, 0.05) is 24.8 Å². The van der Waals surface area contributed by atoms with E-state index < -0.39 is 10.0 Å². The van der Waals surface area contributed by atoms with Crippen molar-refractivity contribution in [1.29, 1.82) is 0 Å². The summed E-state index contributed by atoms with van der Waals surface area (Å²) in [6.45, 7) is 7.45. The number of carbonyl (C=O) groups excluding carboxylic acids is 1. The highest BCUT2D eigenvalue weighted by Gasteiger charge is 2.26. The molecule has 200 valence electrons. The van der Waals surface area contributed by atoms with Crippen molar-refractivity contribution in [1.82, 2.24) is 14.3 Å². The van der Waals surface area contributed by atoms with Crippen LogP contribution in [0.1, 0.15) is 49.7 Å². The Hall–Kier alpha value is -3.34. The van der Waals surface area contributed by atoms with Crippen molar-refractivity contribution in [2.45, 2.75) is 45.1 Å².